The molecule has 8 heteroatoms. The molecule has 1 amide bonds. The Hall–Kier alpha value is -1.47. The van der Waals surface area contributed by atoms with Gasteiger partial charge in [-0.05, 0) is 26.2 Å². The summed E-state index contributed by atoms with van der Waals surface area (Å²) >= 11 is 0. The van der Waals surface area contributed by atoms with Crippen molar-refractivity contribution in [3.05, 3.63) is 0 Å². The van der Waals surface area contributed by atoms with Crippen LogP contribution >= 0.6 is 0 Å². The number of carbonyl (C=O) groups excluding carboxylic acids is 1. The molecule has 0 bridgehead atoms. The van der Waals surface area contributed by atoms with Crippen molar-refractivity contribution in [3.63, 3.8) is 0 Å². The largest absolute Gasteiger partial charge is 0.409 e. The fourth-order valence-corrected chi connectivity index (χ4v) is 2.64. The second kappa shape index (κ2) is 6.53. The molecule has 0 saturated heterocycles. The van der Waals surface area contributed by atoms with E-state index in [1.165, 1.54) is 6.92 Å². The molecular weight excluding hydrogens is 287 g/mol. The van der Waals surface area contributed by atoms with Crippen LogP contribution < -0.4 is 11.1 Å². The van der Waals surface area contributed by atoms with Gasteiger partial charge in [0.15, 0.2) is 5.84 Å². The van der Waals surface area contributed by atoms with Crippen LogP contribution in [0.15, 0.2) is 5.16 Å². The zero-order valence-electron chi connectivity index (χ0n) is 12.2. The first-order valence-corrected chi connectivity index (χ1v) is 7.02. The van der Waals surface area contributed by atoms with Crippen molar-refractivity contribution in [2.24, 2.45) is 22.7 Å². The Bertz CT molecular complexity index is 412. The van der Waals surface area contributed by atoms with Gasteiger partial charge in [0.05, 0.1) is 11.5 Å². The van der Waals surface area contributed by atoms with Crippen LogP contribution in [0.5, 0.6) is 0 Å². The summed E-state index contributed by atoms with van der Waals surface area (Å²) in [6, 6.07) is 0. The highest BCUT2D eigenvalue weighted by molar-refractivity contribution is 5.94. The summed E-state index contributed by atoms with van der Waals surface area (Å²) in [5, 5.41) is 14.1. The van der Waals surface area contributed by atoms with E-state index in [1.54, 1.807) is 6.92 Å². The number of hydrogen-bond donors (Lipinski definition) is 3. The van der Waals surface area contributed by atoms with Crippen LogP contribution in [0.3, 0.4) is 0 Å². The highest BCUT2D eigenvalue weighted by atomic mass is 19.4. The Morgan fingerprint density at radius 3 is 2.43 bits per heavy atom. The van der Waals surface area contributed by atoms with Crippen molar-refractivity contribution < 1.29 is 23.2 Å². The molecule has 4 N–H and O–H groups in total. The van der Waals surface area contributed by atoms with E-state index in [0.717, 1.165) is 0 Å². The fraction of sp³-hybridized carbons (Fsp3) is 0.846. The molecule has 0 aromatic heterocycles. The summed E-state index contributed by atoms with van der Waals surface area (Å²) in [4.78, 5) is 12.2. The van der Waals surface area contributed by atoms with E-state index in [2.05, 4.69) is 10.5 Å². The topological polar surface area (TPSA) is 87.7 Å². The van der Waals surface area contributed by atoms with Crippen molar-refractivity contribution in [2.45, 2.75) is 57.7 Å². The summed E-state index contributed by atoms with van der Waals surface area (Å²) in [7, 11) is 0. The predicted octanol–water partition coefficient (Wildman–Crippen LogP) is 2.39. The SMILES string of the molecule is CCC(C)(NC(=O)C1CCCCC1C(F)(F)F)C(N)=NO. The second-order valence-corrected chi connectivity index (χ2v) is 5.70. The summed E-state index contributed by atoms with van der Waals surface area (Å²) in [6.07, 6.45) is -2.85. The second-order valence-electron chi connectivity index (χ2n) is 5.70. The lowest BCUT2D eigenvalue weighted by molar-refractivity contribution is -0.198. The fourth-order valence-electron chi connectivity index (χ4n) is 2.64. The van der Waals surface area contributed by atoms with E-state index in [1.807, 2.05) is 0 Å². The summed E-state index contributed by atoms with van der Waals surface area (Å²) in [5.41, 5.74) is 4.37. The van der Waals surface area contributed by atoms with Gasteiger partial charge >= 0.3 is 6.18 Å². The van der Waals surface area contributed by atoms with Crippen LogP contribution in [0.2, 0.25) is 0 Å². The molecule has 3 atom stereocenters. The van der Waals surface area contributed by atoms with Gasteiger partial charge in [-0.2, -0.15) is 13.2 Å². The van der Waals surface area contributed by atoms with Crippen molar-refractivity contribution in [1.82, 2.24) is 5.32 Å². The first-order valence-electron chi connectivity index (χ1n) is 7.02. The first-order chi connectivity index (χ1) is 9.65. The summed E-state index contributed by atoms with van der Waals surface area (Å²) < 4.78 is 39.1. The Kier molecular flexibility index (Phi) is 5.47. The van der Waals surface area contributed by atoms with Gasteiger partial charge in [-0.25, -0.2) is 0 Å². The third-order valence-corrected chi connectivity index (χ3v) is 4.30. The summed E-state index contributed by atoms with van der Waals surface area (Å²) in [5.74, 6) is -3.65. The van der Waals surface area contributed by atoms with Gasteiger partial charge in [-0.3, -0.25) is 4.79 Å². The number of alkyl halides is 3. The maximum Gasteiger partial charge on any atom is 0.392 e. The van der Waals surface area contributed by atoms with Crippen molar-refractivity contribution >= 4 is 11.7 Å². The van der Waals surface area contributed by atoms with Crippen LogP contribution in [-0.4, -0.2) is 28.7 Å². The van der Waals surface area contributed by atoms with E-state index in [4.69, 9.17) is 10.9 Å². The molecule has 0 spiro atoms. The third kappa shape index (κ3) is 4.01. The normalized spacial score (nSPS) is 27.0. The van der Waals surface area contributed by atoms with Gasteiger partial charge in [0.1, 0.15) is 0 Å². The molecule has 1 aliphatic rings. The molecular formula is C13H22F3N3O2. The van der Waals surface area contributed by atoms with E-state index in [0.29, 0.717) is 19.3 Å². The van der Waals surface area contributed by atoms with Crippen molar-refractivity contribution in [3.8, 4) is 0 Å². The smallest absolute Gasteiger partial charge is 0.392 e. The van der Waals surface area contributed by atoms with Crippen molar-refractivity contribution in [1.29, 1.82) is 0 Å². The lowest BCUT2D eigenvalue weighted by Gasteiger charge is -2.35. The van der Waals surface area contributed by atoms with Crippen molar-refractivity contribution in [2.75, 3.05) is 0 Å². The Morgan fingerprint density at radius 2 is 1.95 bits per heavy atom. The van der Waals surface area contributed by atoms with Crippen LogP contribution in [-0.2, 0) is 4.79 Å². The lowest BCUT2D eigenvalue weighted by atomic mass is 9.77. The van der Waals surface area contributed by atoms with E-state index >= 15 is 0 Å². The predicted molar refractivity (Wildman–Crippen MR) is 71.8 cm³/mol. The number of carbonyl (C=O) groups is 1. The summed E-state index contributed by atoms with van der Waals surface area (Å²) in [6.45, 7) is 3.21. The molecule has 1 aliphatic carbocycles. The van der Waals surface area contributed by atoms with Crippen LogP contribution in [0, 0.1) is 11.8 Å². The van der Waals surface area contributed by atoms with Crippen LogP contribution in [0.4, 0.5) is 13.2 Å². The minimum atomic E-state index is -4.39. The maximum absolute atomic E-state index is 13.0. The average molecular weight is 309 g/mol. The molecule has 5 nitrogen and oxygen atoms in total. The molecule has 0 aromatic rings. The van der Waals surface area contributed by atoms with Crippen LogP contribution in [0.1, 0.15) is 46.0 Å². The van der Waals surface area contributed by atoms with E-state index in [9.17, 15) is 18.0 Å². The van der Waals surface area contributed by atoms with Gasteiger partial charge in [0.25, 0.3) is 0 Å². The van der Waals surface area contributed by atoms with Gasteiger partial charge in [-0.15, -0.1) is 0 Å². The molecule has 1 fully saturated rings. The molecule has 0 aromatic carbocycles. The maximum atomic E-state index is 13.0. The Morgan fingerprint density at radius 1 is 1.38 bits per heavy atom. The molecule has 21 heavy (non-hydrogen) atoms. The minimum absolute atomic E-state index is 0.0337. The average Bonchev–Trinajstić information content (AvgIpc) is 2.45. The first kappa shape index (κ1) is 17.6. The zero-order chi connectivity index (χ0) is 16.3. The standard InChI is InChI=1S/C13H22F3N3O2/c1-3-12(2,11(17)19-21)18-10(20)8-6-4-5-7-9(8)13(14,15)16/h8-9,21H,3-7H2,1-2H3,(H2,17,19)(H,18,20). The lowest BCUT2D eigenvalue weighted by Crippen LogP contribution is -2.57. The number of nitrogens with one attached hydrogen (secondary N) is 1. The van der Waals surface area contributed by atoms with Crippen LogP contribution in [0.25, 0.3) is 0 Å². The molecule has 0 radical (unpaired) electrons. The number of nitrogens with zero attached hydrogens (tertiary/aromatic N) is 1. The molecule has 0 aliphatic heterocycles. The minimum Gasteiger partial charge on any atom is -0.409 e. The molecule has 3 unspecified atom stereocenters. The zero-order valence-corrected chi connectivity index (χ0v) is 12.2. The number of amides is 1. The van der Waals surface area contributed by atoms with E-state index in [-0.39, 0.29) is 18.7 Å². The molecule has 1 rings (SSSR count). The number of hydrogen-bond acceptors (Lipinski definition) is 3. The highest BCUT2D eigenvalue weighted by Gasteiger charge is 2.49. The monoisotopic (exact) mass is 309 g/mol. The number of amidine groups is 1. The van der Waals surface area contributed by atoms with Gasteiger partial charge in [-0.1, -0.05) is 24.9 Å². The Labute approximate surface area is 121 Å². The van der Waals surface area contributed by atoms with E-state index < -0.39 is 29.5 Å². The number of nitrogens with two attached hydrogens (primary N) is 1. The van der Waals surface area contributed by atoms with Gasteiger partial charge in [0, 0.05) is 5.92 Å². The quantitative estimate of drug-likeness (QED) is 0.322. The van der Waals surface area contributed by atoms with Gasteiger partial charge < -0.3 is 16.3 Å². The number of oxime groups is 1. The van der Waals surface area contributed by atoms with Gasteiger partial charge in [0.2, 0.25) is 5.91 Å². The number of halogens is 3. The molecule has 1 saturated carbocycles. The molecule has 0 heterocycles. The Balaban J connectivity index is 2.90. The highest BCUT2D eigenvalue weighted by Crippen LogP contribution is 2.41. The number of rotatable bonds is 4. The molecule has 122 valence electrons. The third-order valence-electron chi connectivity index (χ3n) is 4.30.